The summed E-state index contributed by atoms with van der Waals surface area (Å²) in [5.41, 5.74) is 0. The number of nitrogens with zero attached hydrogens (tertiary/aromatic N) is 2. The Morgan fingerprint density at radius 2 is 1.95 bits per heavy atom. The van der Waals surface area contributed by atoms with Gasteiger partial charge in [-0.15, -0.1) is 0 Å². The van der Waals surface area contributed by atoms with Gasteiger partial charge in [0.05, 0.1) is 4.92 Å². The molecule has 1 aliphatic rings. The molecular formula is C13H16N2O3S. The summed E-state index contributed by atoms with van der Waals surface area (Å²) in [7, 11) is 0. The van der Waals surface area contributed by atoms with E-state index in [1.165, 1.54) is 18.7 Å². The Bertz CT molecular complexity index is 502. The summed E-state index contributed by atoms with van der Waals surface area (Å²) in [6.07, 6.45) is 10.3. The normalized spacial score (nSPS) is 18.0. The first-order chi connectivity index (χ1) is 9.16. The lowest BCUT2D eigenvalue weighted by atomic mass is 9.96. The highest BCUT2D eigenvalue weighted by molar-refractivity contribution is 7.16. The van der Waals surface area contributed by atoms with Crippen LogP contribution in [0.5, 0.6) is 0 Å². The zero-order valence-electron chi connectivity index (χ0n) is 10.5. The Hall–Kier alpha value is -1.69. The SMILES string of the molecule is O=[N+]([O-])c1ccc(/C=C/C=[N+](\[O-])C2CCCCC2)s1. The van der Waals surface area contributed by atoms with Crippen molar-refractivity contribution in [2.75, 3.05) is 0 Å². The smallest absolute Gasteiger partial charge is 0.324 e. The summed E-state index contributed by atoms with van der Waals surface area (Å²) >= 11 is 1.10. The van der Waals surface area contributed by atoms with Crippen molar-refractivity contribution < 1.29 is 9.66 Å². The molecule has 1 aromatic rings. The van der Waals surface area contributed by atoms with Crippen molar-refractivity contribution >= 4 is 28.6 Å². The second kappa shape index (κ2) is 6.47. The second-order valence-corrected chi connectivity index (χ2v) is 5.69. The van der Waals surface area contributed by atoms with Crippen LogP contribution in [0.25, 0.3) is 6.08 Å². The van der Waals surface area contributed by atoms with E-state index in [1.54, 1.807) is 18.2 Å². The fourth-order valence-corrected chi connectivity index (χ4v) is 2.94. The molecule has 0 radical (unpaired) electrons. The molecule has 1 aliphatic carbocycles. The van der Waals surface area contributed by atoms with Gasteiger partial charge in [0, 0.05) is 29.9 Å². The lowest BCUT2D eigenvalue weighted by Gasteiger charge is -2.20. The Morgan fingerprint density at radius 1 is 1.21 bits per heavy atom. The summed E-state index contributed by atoms with van der Waals surface area (Å²) in [4.78, 5) is 10.9. The molecule has 0 atom stereocenters. The van der Waals surface area contributed by atoms with Gasteiger partial charge in [0.25, 0.3) is 0 Å². The van der Waals surface area contributed by atoms with Crippen LogP contribution in [0, 0.1) is 15.3 Å². The average molecular weight is 280 g/mol. The minimum Gasteiger partial charge on any atom is -0.624 e. The van der Waals surface area contributed by atoms with Crippen LogP contribution in [0.1, 0.15) is 37.0 Å². The molecule has 6 heteroatoms. The summed E-state index contributed by atoms with van der Waals surface area (Å²) in [5, 5.41) is 22.5. The average Bonchev–Trinajstić information content (AvgIpc) is 2.89. The molecule has 1 aromatic heterocycles. The van der Waals surface area contributed by atoms with Crippen LogP contribution in [0.15, 0.2) is 18.2 Å². The molecule has 19 heavy (non-hydrogen) atoms. The van der Waals surface area contributed by atoms with Crippen LogP contribution < -0.4 is 0 Å². The topological polar surface area (TPSA) is 69.2 Å². The largest absolute Gasteiger partial charge is 0.624 e. The van der Waals surface area contributed by atoms with Crippen LogP contribution >= 0.6 is 11.3 Å². The molecule has 0 bridgehead atoms. The van der Waals surface area contributed by atoms with Crippen molar-refractivity contribution in [3.8, 4) is 0 Å². The summed E-state index contributed by atoms with van der Waals surface area (Å²) < 4.78 is 1.01. The van der Waals surface area contributed by atoms with E-state index in [0.717, 1.165) is 46.6 Å². The molecule has 0 aromatic carbocycles. The van der Waals surface area contributed by atoms with Gasteiger partial charge in [-0.3, -0.25) is 10.1 Å². The van der Waals surface area contributed by atoms with Gasteiger partial charge >= 0.3 is 5.00 Å². The van der Waals surface area contributed by atoms with E-state index in [1.807, 2.05) is 0 Å². The van der Waals surface area contributed by atoms with E-state index in [0.29, 0.717) is 0 Å². The van der Waals surface area contributed by atoms with Crippen LogP contribution in [0.4, 0.5) is 5.00 Å². The molecule has 0 N–H and O–H groups in total. The fraction of sp³-hybridized carbons (Fsp3) is 0.462. The van der Waals surface area contributed by atoms with Crippen molar-refractivity contribution in [2.24, 2.45) is 0 Å². The number of rotatable bonds is 4. The predicted octanol–water partition coefficient (Wildman–Crippen LogP) is 3.58. The van der Waals surface area contributed by atoms with E-state index >= 15 is 0 Å². The highest BCUT2D eigenvalue weighted by Crippen LogP contribution is 2.24. The minimum absolute atomic E-state index is 0.0936. The van der Waals surface area contributed by atoms with Crippen LogP contribution in [0.2, 0.25) is 0 Å². The maximum atomic E-state index is 11.8. The van der Waals surface area contributed by atoms with Gasteiger partial charge in [-0.05, 0) is 25.0 Å². The Balaban J connectivity index is 1.95. The van der Waals surface area contributed by atoms with Gasteiger partial charge in [0.15, 0.2) is 12.3 Å². The molecule has 0 spiro atoms. The standard InChI is InChI=1S/C13H16N2O3S/c16-14(11-5-2-1-3-6-11)10-4-7-12-8-9-13(19-12)15(17)18/h4,7-11H,1-3,5-6H2/b7-4+,14-10-. The molecule has 102 valence electrons. The molecule has 0 unspecified atom stereocenters. The zero-order valence-corrected chi connectivity index (χ0v) is 11.3. The number of hydroxylamine groups is 1. The molecule has 5 nitrogen and oxygen atoms in total. The summed E-state index contributed by atoms with van der Waals surface area (Å²) in [6.45, 7) is 0. The van der Waals surface area contributed by atoms with Crippen LogP contribution in [-0.2, 0) is 0 Å². The lowest BCUT2D eigenvalue weighted by Crippen LogP contribution is -2.24. The van der Waals surface area contributed by atoms with Crippen molar-refractivity contribution in [1.82, 2.24) is 0 Å². The van der Waals surface area contributed by atoms with E-state index in [9.17, 15) is 15.3 Å². The van der Waals surface area contributed by atoms with Gasteiger partial charge in [0.2, 0.25) is 0 Å². The third-order valence-electron chi connectivity index (χ3n) is 3.22. The first-order valence-corrected chi connectivity index (χ1v) is 7.19. The van der Waals surface area contributed by atoms with E-state index < -0.39 is 4.92 Å². The van der Waals surface area contributed by atoms with E-state index in [-0.39, 0.29) is 11.0 Å². The van der Waals surface area contributed by atoms with Gasteiger partial charge in [0.1, 0.15) is 0 Å². The number of nitro groups is 1. The highest BCUT2D eigenvalue weighted by Gasteiger charge is 2.18. The molecule has 0 amide bonds. The summed E-state index contributed by atoms with van der Waals surface area (Å²) in [5.74, 6) is 0. The highest BCUT2D eigenvalue weighted by atomic mass is 32.1. The molecule has 1 saturated carbocycles. The molecule has 2 rings (SSSR count). The quantitative estimate of drug-likeness (QED) is 0.278. The van der Waals surface area contributed by atoms with Gasteiger partial charge in [-0.2, -0.15) is 0 Å². The van der Waals surface area contributed by atoms with Crippen molar-refractivity contribution in [3.63, 3.8) is 0 Å². The van der Waals surface area contributed by atoms with Crippen molar-refractivity contribution in [1.29, 1.82) is 0 Å². The van der Waals surface area contributed by atoms with E-state index in [4.69, 9.17) is 0 Å². The first kappa shape index (κ1) is 13.7. The van der Waals surface area contributed by atoms with Crippen LogP contribution in [-0.4, -0.2) is 21.9 Å². The Labute approximate surface area is 115 Å². The molecule has 0 aliphatic heterocycles. The fourth-order valence-electron chi connectivity index (χ4n) is 2.21. The first-order valence-electron chi connectivity index (χ1n) is 6.38. The monoisotopic (exact) mass is 280 g/mol. The maximum absolute atomic E-state index is 11.8. The number of hydrogen-bond acceptors (Lipinski definition) is 4. The number of thiophene rings is 1. The van der Waals surface area contributed by atoms with Gasteiger partial charge in [-0.1, -0.05) is 17.8 Å². The molecule has 1 heterocycles. The van der Waals surface area contributed by atoms with Crippen molar-refractivity contribution in [2.45, 2.75) is 38.1 Å². The van der Waals surface area contributed by atoms with Crippen LogP contribution in [0.3, 0.4) is 0 Å². The lowest BCUT2D eigenvalue weighted by molar-refractivity contribution is -0.500. The minimum atomic E-state index is -0.409. The molecule has 1 fully saturated rings. The van der Waals surface area contributed by atoms with Gasteiger partial charge < -0.3 is 5.21 Å². The molecule has 0 saturated heterocycles. The zero-order chi connectivity index (χ0) is 13.7. The second-order valence-electron chi connectivity index (χ2n) is 4.59. The Morgan fingerprint density at radius 3 is 2.58 bits per heavy atom. The summed E-state index contributed by atoms with van der Waals surface area (Å²) in [6, 6.07) is 3.25. The van der Waals surface area contributed by atoms with E-state index in [2.05, 4.69) is 0 Å². The Kier molecular flexibility index (Phi) is 4.68. The van der Waals surface area contributed by atoms with Crippen molar-refractivity contribution in [3.05, 3.63) is 38.4 Å². The number of allylic oxidation sites excluding steroid dienone is 1. The third-order valence-corrected chi connectivity index (χ3v) is 4.22. The predicted molar refractivity (Wildman–Crippen MR) is 76.6 cm³/mol. The maximum Gasteiger partial charge on any atom is 0.324 e. The molecular weight excluding hydrogens is 264 g/mol. The van der Waals surface area contributed by atoms with Gasteiger partial charge in [-0.25, -0.2) is 4.74 Å². The number of hydrogen-bond donors (Lipinski definition) is 0. The third kappa shape index (κ3) is 3.89.